The highest BCUT2D eigenvalue weighted by Crippen LogP contribution is 2.12. The summed E-state index contributed by atoms with van der Waals surface area (Å²) < 4.78 is 2.03. The van der Waals surface area contributed by atoms with Gasteiger partial charge in [-0.15, -0.1) is 0 Å². The highest BCUT2D eigenvalue weighted by Gasteiger charge is 2.12. The average Bonchev–Trinajstić information content (AvgIpc) is 2.65. The molecule has 0 spiro atoms. The standard InChI is InChI=1S/C14H27N3/c1-6-12-9-14(17(5)16-12)10-13(15-4)8-7-11(2)3/h9,11,13,15H,6-8,10H2,1-5H3. The largest absolute Gasteiger partial charge is 0.317 e. The second-order valence-electron chi connectivity index (χ2n) is 5.27. The molecule has 17 heavy (non-hydrogen) atoms. The van der Waals surface area contributed by atoms with Crippen LogP contribution in [-0.4, -0.2) is 22.9 Å². The van der Waals surface area contributed by atoms with E-state index in [0.29, 0.717) is 6.04 Å². The van der Waals surface area contributed by atoms with Crippen LogP contribution in [0.3, 0.4) is 0 Å². The molecule has 0 radical (unpaired) electrons. The third-order valence-corrected chi connectivity index (χ3v) is 3.35. The third kappa shape index (κ3) is 4.50. The predicted octanol–water partition coefficient (Wildman–Crippen LogP) is 2.55. The summed E-state index contributed by atoms with van der Waals surface area (Å²) in [5, 5.41) is 7.92. The Balaban J connectivity index is 2.57. The van der Waals surface area contributed by atoms with Gasteiger partial charge in [0.05, 0.1) is 5.69 Å². The van der Waals surface area contributed by atoms with Gasteiger partial charge in [-0.05, 0) is 38.3 Å². The van der Waals surface area contributed by atoms with Crippen molar-refractivity contribution < 1.29 is 0 Å². The van der Waals surface area contributed by atoms with Gasteiger partial charge < -0.3 is 5.32 Å². The van der Waals surface area contributed by atoms with Crippen molar-refractivity contribution in [3.8, 4) is 0 Å². The summed E-state index contributed by atoms with van der Waals surface area (Å²) >= 11 is 0. The lowest BCUT2D eigenvalue weighted by Gasteiger charge is -2.17. The molecule has 0 fully saturated rings. The molecular formula is C14H27N3. The second-order valence-corrected chi connectivity index (χ2v) is 5.27. The minimum Gasteiger partial charge on any atom is -0.317 e. The average molecular weight is 237 g/mol. The molecule has 0 saturated heterocycles. The fourth-order valence-electron chi connectivity index (χ4n) is 2.07. The van der Waals surface area contributed by atoms with E-state index in [0.717, 1.165) is 18.8 Å². The molecule has 0 aliphatic carbocycles. The van der Waals surface area contributed by atoms with Crippen LogP contribution < -0.4 is 5.32 Å². The monoisotopic (exact) mass is 237 g/mol. The maximum Gasteiger partial charge on any atom is 0.0624 e. The predicted molar refractivity (Wildman–Crippen MR) is 73.2 cm³/mol. The molecule has 0 aliphatic heterocycles. The van der Waals surface area contributed by atoms with E-state index in [1.54, 1.807) is 0 Å². The van der Waals surface area contributed by atoms with Crippen LogP contribution >= 0.6 is 0 Å². The Morgan fingerprint density at radius 1 is 1.35 bits per heavy atom. The number of aromatic nitrogens is 2. The molecule has 3 heteroatoms. The third-order valence-electron chi connectivity index (χ3n) is 3.35. The van der Waals surface area contributed by atoms with Gasteiger partial charge >= 0.3 is 0 Å². The van der Waals surface area contributed by atoms with Crippen molar-refractivity contribution >= 4 is 0 Å². The van der Waals surface area contributed by atoms with Crippen LogP contribution in [0.5, 0.6) is 0 Å². The Bertz CT molecular complexity index is 328. The van der Waals surface area contributed by atoms with Crippen LogP contribution in [0.4, 0.5) is 0 Å². The van der Waals surface area contributed by atoms with Crippen LogP contribution in [-0.2, 0) is 19.9 Å². The normalized spacial score (nSPS) is 13.3. The second kappa shape index (κ2) is 6.80. The Labute approximate surface area is 106 Å². The topological polar surface area (TPSA) is 29.9 Å². The summed E-state index contributed by atoms with van der Waals surface area (Å²) in [5.41, 5.74) is 2.53. The molecule has 1 aromatic rings. The molecule has 3 nitrogen and oxygen atoms in total. The fraction of sp³-hybridized carbons (Fsp3) is 0.786. The number of nitrogens with zero attached hydrogens (tertiary/aromatic N) is 2. The van der Waals surface area contributed by atoms with Crippen LogP contribution in [0.15, 0.2) is 6.07 Å². The highest BCUT2D eigenvalue weighted by molar-refractivity contribution is 5.11. The molecule has 1 heterocycles. The van der Waals surface area contributed by atoms with E-state index >= 15 is 0 Å². The van der Waals surface area contributed by atoms with Crippen LogP contribution in [0.2, 0.25) is 0 Å². The molecule has 1 N–H and O–H groups in total. The van der Waals surface area contributed by atoms with Crippen molar-refractivity contribution in [1.29, 1.82) is 0 Å². The van der Waals surface area contributed by atoms with Crippen LogP contribution in [0.1, 0.15) is 45.0 Å². The quantitative estimate of drug-likeness (QED) is 0.790. The van der Waals surface area contributed by atoms with Gasteiger partial charge in [-0.1, -0.05) is 20.8 Å². The molecule has 0 aromatic carbocycles. The van der Waals surface area contributed by atoms with Crippen molar-refractivity contribution in [3.63, 3.8) is 0 Å². The summed E-state index contributed by atoms with van der Waals surface area (Å²) in [5.74, 6) is 0.781. The fourth-order valence-corrected chi connectivity index (χ4v) is 2.07. The Morgan fingerprint density at radius 3 is 2.53 bits per heavy atom. The van der Waals surface area contributed by atoms with E-state index in [9.17, 15) is 0 Å². The smallest absolute Gasteiger partial charge is 0.0624 e. The zero-order valence-electron chi connectivity index (χ0n) is 12.0. The van der Waals surface area contributed by atoms with Gasteiger partial charge in [0.15, 0.2) is 0 Å². The first-order chi connectivity index (χ1) is 8.06. The molecule has 0 bridgehead atoms. The highest BCUT2D eigenvalue weighted by atomic mass is 15.3. The maximum absolute atomic E-state index is 4.50. The van der Waals surface area contributed by atoms with Gasteiger partial charge in [-0.2, -0.15) is 5.10 Å². The molecule has 1 atom stereocenters. The van der Waals surface area contributed by atoms with Crippen molar-refractivity contribution in [2.24, 2.45) is 13.0 Å². The Kier molecular flexibility index (Phi) is 5.69. The summed E-state index contributed by atoms with van der Waals surface area (Å²) in [6.07, 6.45) is 4.61. The van der Waals surface area contributed by atoms with E-state index in [1.165, 1.54) is 24.2 Å². The van der Waals surface area contributed by atoms with Crippen molar-refractivity contribution in [1.82, 2.24) is 15.1 Å². The zero-order valence-corrected chi connectivity index (χ0v) is 12.0. The van der Waals surface area contributed by atoms with Gasteiger partial charge in [0.25, 0.3) is 0 Å². The Morgan fingerprint density at radius 2 is 2.06 bits per heavy atom. The lowest BCUT2D eigenvalue weighted by molar-refractivity contribution is 0.443. The molecule has 1 unspecified atom stereocenters. The summed E-state index contributed by atoms with van der Waals surface area (Å²) in [6, 6.07) is 2.80. The van der Waals surface area contributed by atoms with E-state index in [4.69, 9.17) is 0 Å². The lowest BCUT2D eigenvalue weighted by Crippen LogP contribution is -2.28. The molecule has 0 aliphatic rings. The number of rotatable bonds is 7. The molecule has 98 valence electrons. The van der Waals surface area contributed by atoms with E-state index < -0.39 is 0 Å². The zero-order chi connectivity index (χ0) is 12.8. The van der Waals surface area contributed by atoms with E-state index in [2.05, 4.69) is 44.3 Å². The number of nitrogens with one attached hydrogen (secondary N) is 1. The van der Waals surface area contributed by atoms with Crippen molar-refractivity contribution in [3.05, 3.63) is 17.5 Å². The van der Waals surface area contributed by atoms with Crippen molar-refractivity contribution in [2.45, 2.75) is 52.5 Å². The summed E-state index contributed by atoms with van der Waals surface area (Å²) in [4.78, 5) is 0. The van der Waals surface area contributed by atoms with Gasteiger partial charge in [0, 0.05) is 25.2 Å². The number of likely N-dealkylation sites (N-methyl/N-ethyl adjacent to an activating group) is 1. The number of hydrogen-bond donors (Lipinski definition) is 1. The van der Waals surface area contributed by atoms with E-state index in [-0.39, 0.29) is 0 Å². The van der Waals surface area contributed by atoms with Crippen molar-refractivity contribution in [2.75, 3.05) is 7.05 Å². The molecular weight excluding hydrogens is 210 g/mol. The van der Waals surface area contributed by atoms with Gasteiger partial charge in [0.2, 0.25) is 0 Å². The lowest BCUT2D eigenvalue weighted by atomic mass is 10.00. The SMILES string of the molecule is CCc1cc(CC(CCC(C)C)NC)n(C)n1. The van der Waals surface area contributed by atoms with Crippen LogP contribution in [0, 0.1) is 5.92 Å². The van der Waals surface area contributed by atoms with Gasteiger partial charge in [-0.25, -0.2) is 0 Å². The molecule has 1 aromatic heterocycles. The van der Waals surface area contributed by atoms with Crippen LogP contribution in [0.25, 0.3) is 0 Å². The minimum absolute atomic E-state index is 0.567. The van der Waals surface area contributed by atoms with Gasteiger partial charge in [-0.3, -0.25) is 4.68 Å². The first-order valence-electron chi connectivity index (χ1n) is 6.75. The summed E-state index contributed by atoms with van der Waals surface area (Å²) in [6.45, 7) is 6.72. The number of hydrogen-bond acceptors (Lipinski definition) is 2. The summed E-state index contributed by atoms with van der Waals surface area (Å²) in [7, 11) is 4.10. The minimum atomic E-state index is 0.567. The van der Waals surface area contributed by atoms with Gasteiger partial charge in [0.1, 0.15) is 0 Å². The number of aryl methyl sites for hydroxylation is 2. The first kappa shape index (κ1) is 14.2. The molecule has 1 rings (SSSR count). The first-order valence-corrected chi connectivity index (χ1v) is 6.75. The molecule has 0 amide bonds. The molecule has 0 saturated carbocycles. The Hall–Kier alpha value is -0.830. The maximum atomic E-state index is 4.50. The van der Waals surface area contributed by atoms with E-state index in [1.807, 2.05) is 11.7 Å².